The van der Waals surface area contributed by atoms with Crippen LogP contribution in [0.4, 0.5) is 4.79 Å². The van der Waals surface area contributed by atoms with E-state index in [1.165, 1.54) is 15.9 Å². The van der Waals surface area contributed by atoms with Gasteiger partial charge in [-0.1, -0.05) is 4.99 Å². The van der Waals surface area contributed by atoms with Crippen LogP contribution in [0.3, 0.4) is 0 Å². The molecule has 3 amide bonds. The van der Waals surface area contributed by atoms with E-state index in [0.29, 0.717) is 36.3 Å². The Morgan fingerprint density at radius 2 is 2.14 bits per heavy atom. The van der Waals surface area contributed by atoms with Crippen LogP contribution in [0.25, 0.3) is 0 Å². The number of amides is 3. The normalized spacial score (nSPS) is 19.4. The van der Waals surface area contributed by atoms with Crippen LogP contribution in [0.1, 0.15) is 19.4 Å². The SMILES string of the molecule is CCOc1cc(/C=N/NC2=[N+](C)C3C(=O)N(CC)C(=O)N(C)C3=N2)ccc1O. The lowest BCUT2D eigenvalue weighted by molar-refractivity contribution is -0.507. The average molecular weight is 387 g/mol. The maximum absolute atomic E-state index is 12.6. The van der Waals surface area contributed by atoms with Crippen LogP contribution in [-0.2, 0) is 4.79 Å². The van der Waals surface area contributed by atoms with E-state index < -0.39 is 12.1 Å². The topological polar surface area (TPSA) is 110 Å². The van der Waals surface area contributed by atoms with Gasteiger partial charge in [0.15, 0.2) is 11.5 Å². The molecule has 0 radical (unpaired) electrons. The number of carbonyl (C=O) groups is 2. The molecule has 3 rings (SSSR count). The third-order valence-electron chi connectivity index (χ3n) is 4.53. The highest BCUT2D eigenvalue weighted by atomic mass is 16.5. The number of phenols is 1. The number of benzene rings is 1. The fraction of sp³-hybridized carbons (Fsp3) is 0.389. The summed E-state index contributed by atoms with van der Waals surface area (Å²) < 4.78 is 6.99. The van der Waals surface area contributed by atoms with E-state index in [0.717, 1.165) is 0 Å². The Bertz CT molecular complexity index is 907. The molecule has 1 atom stereocenters. The number of hydrogen-bond donors (Lipinski definition) is 2. The highest BCUT2D eigenvalue weighted by Gasteiger charge is 2.51. The molecule has 10 heteroatoms. The zero-order chi connectivity index (χ0) is 20.4. The molecule has 0 aromatic heterocycles. The Hall–Kier alpha value is -3.43. The van der Waals surface area contributed by atoms with Crippen LogP contribution in [0.2, 0.25) is 0 Å². The predicted octanol–water partition coefficient (Wildman–Crippen LogP) is 0.407. The summed E-state index contributed by atoms with van der Waals surface area (Å²) in [6.07, 6.45) is 1.54. The van der Waals surface area contributed by atoms with Crippen LogP contribution in [0.5, 0.6) is 11.5 Å². The molecule has 2 heterocycles. The smallest absolute Gasteiger partial charge is 0.413 e. The van der Waals surface area contributed by atoms with Crippen molar-refractivity contribution in [2.75, 3.05) is 27.2 Å². The first kappa shape index (κ1) is 19.3. The van der Waals surface area contributed by atoms with Gasteiger partial charge in [-0.3, -0.25) is 14.6 Å². The monoisotopic (exact) mass is 387 g/mol. The Labute approximate surface area is 162 Å². The van der Waals surface area contributed by atoms with Gasteiger partial charge in [0.05, 0.1) is 19.9 Å². The lowest BCUT2D eigenvalue weighted by atomic mass is 10.1. The second kappa shape index (κ2) is 7.67. The van der Waals surface area contributed by atoms with E-state index in [9.17, 15) is 14.7 Å². The summed E-state index contributed by atoms with van der Waals surface area (Å²) in [4.78, 5) is 31.8. The first-order valence-electron chi connectivity index (χ1n) is 8.91. The number of imide groups is 1. The number of carbonyl (C=O) groups excluding carboxylic acids is 2. The van der Waals surface area contributed by atoms with E-state index in [-0.39, 0.29) is 11.7 Å². The van der Waals surface area contributed by atoms with Crippen LogP contribution >= 0.6 is 0 Å². The summed E-state index contributed by atoms with van der Waals surface area (Å²) in [5.41, 5.74) is 3.51. The first-order chi connectivity index (χ1) is 13.4. The summed E-state index contributed by atoms with van der Waals surface area (Å²) >= 11 is 0. The number of amidine groups is 1. The molecule has 28 heavy (non-hydrogen) atoms. The fourth-order valence-electron chi connectivity index (χ4n) is 3.04. The van der Waals surface area contributed by atoms with Gasteiger partial charge in [0.2, 0.25) is 11.9 Å². The summed E-state index contributed by atoms with van der Waals surface area (Å²) in [6, 6.07) is 3.81. The standard InChI is InChI=1S/C18H22N6O4/c1-5-24-16(26)14-15(23(4)18(24)27)20-17(22(14)3)21-19-10-11-7-8-12(25)13(9-11)28-6-2/h7-10,14H,5-6H2,1-4H3,(H,19,25)/p+1. The van der Waals surface area contributed by atoms with Crippen molar-refractivity contribution in [1.82, 2.24) is 15.2 Å². The molecule has 2 N–H and O–H groups in total. The number of hydrazone groups is 1. The molecule has 0 aliphatic carbocycles. The molecule has 148 valence electrons. The molecule has 0 saturated carbocycles. The molecular weight excluding hydrogens is 364 g/mol. The van der Waals surface area contributed by atoms with Crippen molar-refractivity contribution < 1.29 is 24.0 Å². The number of rotatable bonds is 5. The second-order valence-electron chi connectivity index (χ2n) is 6.26. The highest BCUT2D eigenvalue weighted by molar-refractivity contribution is 6.22. The minimum absolute atomic E-state index is 0.0547. The Morgan fingerprint density at radius 1 is 1.39 bits per heavy atom. The molecule has 1 unspecified atom stereocenters. The van der Waals surface area contributed by atoms with Crippen molar-refractivity contribution in [2.45, 2.75) is 19.9 Å². The highest BCUT2D eigenvalue weighted by Crippen LogP contribution is 2.26. The summed E-state index contributed by atoms with van der Waals surface area (Å²) in [7, 11) is 3.30. The van der Waals surface area contributed by atoms with Gasteiger partial charge in [0, 0.05) is 13.6 Å². The number of hydrogen-bond acceptors (Lipinski definition) is 7. The maximum atomic E-state index is 12.6. The number of likely N-dealkylation sites (N-methyl/N-ethyl adjacent to an activating group) is 3. The largest absolute Gasteiger partial charge is 0.504 e. The molecule has 1 fully saturated rings. The van der Waals surface area contributed by atoms with Crippen molar-refractivity contribution in [2.24, 2.45) is 10.1 Å². The minimum atomic E-state index is -0.668. The van der Waals surface area contributed by atoms with Crippen molar-refractivity contribution in [3.8, 4) is 11.5 Å². The molecule has 2 aliphatic rings. The van der Waals surface area contributed by atoms with Crippen molar-refractivity contribution >= 4 is 29.9 Å². The predicted molar refractivity (Wildman–Crippen MR) is 103 cm³/mol. The summed E-state index contributed by atoms with van der Waals surface area (Å²) in [5.74, 6) is 0.828. The Kier molecular flexibility index (Phi) is 5.30. The van der Waals surface area contributed by atoms with Gasteiger partial charge >= 0.3 is 12.0 Å². The average Bonchev–Trinajstić information content (AvgIpc) is 3.00. The molecule has 10 nitrogen and oxygen atoms in total. The fourth-order valence-corrected chi connectivity index (χ4v) is 3.04. The molecule has 1 aromatic carbocycles. The number of nitrogens with one attached hydrogen (secondary N) is 1. The first-order valence-corrected chi connectivity index (χ1v) is 8.91. The minimum Gasteiger partial charge on any atom is -0.504 e. The lowest BCUT2D eigenvalue weighted by Crippen LogP contribution is -2.62. The van der Waals surface area contributed by atoms with E-state index >= 15 is 0 Å². The van der Waals surface area contributed by atoms with E-state index in [2.05, 4.69) is 15.5 Å². The van der Waals surface area contributed by atoms with Crippen molar-refractivity contribution in [1.29, 1.82) is 0 Å². The number of urea groups is 1. The molecule has 0 spiro atoms. The van der Waals surface area contributed by atoms with Gasteiger partial charge < -0.3 is 9.84 Å². The quantitative estimate of drug-likeness (QED) is 0.432. The number of aliphatic imine (C=N–C) groups is 1. The number of aromatic hydroxyl groups is 1. The third-order valence-corrected chi connectivity index (χ3v) is 4.53. The van der Waals surface area contributed by atoms with Crippen molar-refractivity contribution in [3.05, 3.63) is 23.8 Å². The zero-order valence-corrected chi connectivity index (χ0v) is 16.2. The maximum Gasteiger partial charge on any atom is 0.413 e. The Morgan fingerprint density at radius 3 is 2.82 bits per heavy atom. The number of phenolic OH excluding ortho intramolecular Hbond substituents is 1. The molecule has 1 saturated heterocycles. The van der Waals surface area contributed by atoms with Crippen LogP contribution in [0, 0.1) is 0 Å². The van der Waals surface area contributed by atoms with Crippen LogP contribution < -0.4 is 10.2 Å². The summed E-state index contributed by atoms with van der Waals surface area (Å²) in [5, 5.41) is 13.9. The number of ether oxygens (including phenoxy) is 1. The van der Waals surface area contributed by atoms with Gasteiger partial charge in [0.25, 0.3) is 5.91 Å². The van der Waals surface area contributed by atoms with E-state index in [1.54, 1.807) is 43.9 Å². The van der Waals surface area contributed by atoms with E-state index in [1.807, 2.05) is 6.92 Å². The second-order valence-corrected chi connectivity index (χ2v) is 6.26. The molecule has 1 aromatic rings. The van der Waals surface area contributed by atoms with Gasteiger partial charge in [-0.05, 0) is 37.6 Å². The van der Waals surface area contributed by atoms with Crippen LogP contribution in [0.15, 0.2) is 28.3 Å². The van der Waals surface area contributed by atoms with Gasteiger partial charge in [-0.15, -0.1) is 5.10 Å². The zero-order valence-electron chi connectivity index (χ0n) is 16.2. The Balaban J connectivity index is 1.79. The number of guanidine groups is 1. The third kappa shape index (κ3) is 3.28. The lowest BCUT2D eigenvalue weighted by Gasteiger charge is -2.32. The molecule has 2 aliphatic heterocycles. The molecule has 0 bridgehead atoms. The van der Waals surface area contributed by atoms with Gasteiger partial charge in [-0.2, -0.15) is 5.43 Å². The number of nitrogens with zero attached hydrogens (tertiary/aromatic N) is 5. The van der Waals surface area contributed by atoms with Crippen molar-refractivity contribution in [3.63, 3.8) is 0 Å². The van der Waals surface area contributed by atoms with E-state index in [4.69, 9.17) is 4.74 Å². The van der Waals surface area contributed by atoms with Crippen LogP contribution in [-0.4, -0.2) is 82.7 Å². The van der Waals surface area contributed by atoms with Gasteiger partial charge in [-0.25, -0.2) is 9.37 Å². The number of fused-ring (bicyclic) bond motifs is 1. The van der Waals surface area contributed by atoms with Gasteiger partial charge in [0.1, 0.15) is 0 Å². The summed E-state index contributed by atoms with van der Waals surface area (Å²) in [6.45, 7) is 4.31. The molecular formula is C18H23N6O4+.